The minimum absolute atomic E-state index is 0.124. The molecule has 36 heavy (non-hydrogen) atoms. The van der Waals surface area contributed by atoms with Crippen molar-refractivity contribution >= 4 is 11.8 Å². The average molecular weight is 489 g/mol. The first kappa shape index (κ1) is 25.0. The molecule has 2 heterocycles. The van der Waals surface area contributed by atoms with E-state index >= 15 is 0 Å². The largest absolute Gasteiger partial charge is 0.340 e. The molecule has 3 fully saturated rings. The van der Waals surface area contributed by atoms with Crippen LogP contribution in [-0.2, 0) is 22.6 Å². The van der Waals surface area contributed by atoms with Crippen LogP contribution < -0.4 is 5.32 Å². The zero-order valence-electron chi connectivity index (χ0n) is 21.6. The Bertz CT molecular complexity index is 1030. The van der Waals surface area contributed by atoms with Gasteiger partial charge in [-0.1, -0.05) is 54.6 Å². The lowest BCUT2D eigenvalue weighted by Crippen LogP contribution is -2.49. The molecule has 1 aliphatic carbocycles. The smallest absolute Gasteiger partial charge is 0.245 e. The van der Waals surface area contributed by atoms with E-state index in [1.165, 1.54) is 16.7 Å². The van der Waals surface area contributed by atoms with Crippen molar-refractivity contribution in [2.24, 2.45) is 5.92 Å². The molecule has 0 spiro atoms. The Hall–Kier alpha value is -2.70. The Morgan fingerprint density at radius 3 is 2.53 bits per heavy atom. The Morgan fingerprint density at radius 1 is 0.972 bits per heavy atom. The molecule has 1 N–H and O–H groups in total. The van der Waals surface area contributed by atoms with Crippen molar-refractivity contribution in [3.8, 4) is 0 Å². The number of nitrogens with one attached hydrogen (secondary N) is 1. The Balaban J connectivity index is 1.37. The van der Waals surface area contributed by atoms with Crippen molar-refractivity contribution in [3.05, 3.63) is 71.3 Å². The molecule has 2 unspecified atom stereocenters. The lowest BCUT2D eigenvalue weighted by molar-refractivity contribution is -0.144. The van der Waals surface area contributed by atoms with Crippen molar-refractivity contribution in [1.82, 2.24) is 20.0 Å². The Morgan fingerprint density at radius 2 is 1.75 bits per heavy atom. The van der Waals surface area contributed by atoms with E-state index in [2.05, 4.69) is 71.7 Å². The van der Waals surface area contributed by atoms with Crippen LogP contribution >= 0.6 is 0 Å². The van der Waals surface area contributed by atoms with Crippen LogP contribution in [0.25, 0.3) is 0 Å². The number of rotatable bonds is 8. The highest BCUT2D eigenvalue weighted by Gasteiger charge is 2.46. The van der Waals surface area contributed by atoms with Crippen LogP contribution in [0, 0.1) is 12.8 Å². The number of amides is 2. The van der Waals surface area contributed by atoms with Gasteiger partial charge in [0.05, 0.1) is 0 Å². The first-order chi connectivity index (χ1) is 17.6. The lowest BCUT2D eigenvalue weighted by atomic mass is 10.0. The summed E-state index contributed by atoms with van der Waals surface area (Å²) in [6, 6.07) is 19.0. The highest BCUT2D eigenvalue weighted by molar-refractivity contribution is 5.90. The predicted molar refractivity (Wildman–Crippen MR) is 142 cm³/mol. The van der Waals surface area contributed by atoms with E-state index < -0.39 is 0 Å². The molecule has 6 heteroatoms. The highest BCUT2D eigenvalue weighted by Crippen LogP contribution is 2.35. The van der Waals surface area contributed by atoms with Crippen LogP contribution in [0.4, 0.5) is 0 Å². The molecule has 6 nitrogen and oxygen atoms in total. The number of carbonyl (C=O) groups excluding carboxylic acids is 2. The summed E-state index contributed by atoms with van der Waals surface area (Å²) in [6.45, 7) is 7.85. The molecule has 2 atom stereocenters. The molecule has 1 saturated carbocycles. The number of likely N-dealkylation sites (tertiary alicyclic amines) is 1. The molecule has 0 aromatic heterocycles. The fourth-order valence-corrected chi connectivity index (χ4v) is 5.71. The van der Waals surface area contributed by atoms with E-state index in [4.69, 9.17) is 0 Å². The second-order valence-corrected chi connectivity index (χ2v) is 10.7. The van der Waals surface area contributed by atoms with Crippen molar-refractivity contribution in [1.29, 1.82) is 0 Å². The number of hydrogen-bond donors (Lipinski definition) is 1. The summed E-state index contributed by atoms with van der Waals surface area (Å²) in [6.07, 6.45) is 4.58. The molecule has 2 amide bonds. The molecule has 2 aromatic carbocycles. The van der Waals surface area contributed by atoms with E-state index in [-0.39, 0.29) is 29.8 Å². The monoisotopic (exact) mass is 488 g/mol. The van der Waals surface area contributed by atoms with Crippen LogP contribution in [0.5, 0.6) is 0 Å². The summed E-state index contributed by atoms with van der Waals surface area (Å²) >= 11 is 0. The zero-order chi connectivity index (χ0) is 24.9. The van der Waals surface area contributed by atoms with Crippen molar-refractivity contribution < 1.29 is 9.59 Å². The summed E-state index contributed by atoms with van der Waals surface area (Å²) in [4.78, 5) is 33.6. The van der Waals surface area contributed by atoms with Crippen LogP contribution in [-0.4, -0.2) is 77.9 Å². The van der Waals surface area contributed by atoms with Gasteiger partial charge >= 0.3 is 0 Å². The van der Waals surface area contributed by atoms with Gasteiger partial charge in [-0.3, -0.25) is 14.5 Å². The second kappa shape index (κ2) is 11.6. The zero-order valence-corrected chi connectivity index (χ0v) is 21.6. The van der Waals surface area contributed by atoms with Crippen LogP contribution in [0.3, 0.4) is 0 Å². The van der Waals surface area contributed by atoms with E-state index in [0.717, 1.165) is 71.4 Å². The first-order valence-corrected chi connectivity index (χ1v) is 13.7. The maximum absolute atomic E-state index is 13.8. The minimum atomic E-state index is -0.336. The number of hydrogen-bond acceptors (Lipinski definition) is 4. The Kier molecular flexibility index (Phi) is 8.02. The summed E-state index contributed by atoms with van der Waals surface area (Å²) in [5.41, 5.74) is 3.93. The summed E-state index contributed by atoms with van der Waals surface area (Å²) in [5, 5.41) is 3.39. The number of nitrogens with zero attached hydrogens (tertiary/aromatic N) is 3. The summed E-state index contributed by atoms with van der Waals surface area (Å²) < 4.78 is 0. The predicted octanol–water partition coefficient (Wildman–Crippen LogP) is 3.24. The van der Waals surface area contributed by atoms with Gasteiger partial charge in [0.15, 0.2) is 0 Å². The molecule has 5 rings (SSSR count). The van der Waals surface area contributed by atoms with E-state index in [1.54, 1.807) is 0 Å². The van der Waals surface area contributed by atoms with Gasteiger partial charge in [0, 0.05) is 51.2 Å². The molecule has 0 bridgehead atoms. The Labute approximate surface area is 215 Å². The molecule has 192 valence electrons. The summed E-state index contributed by atoms with van der Waals surface area (Å²) in [5.74, 6) is 0.468. The third-order valence-corrected chi connectivity index (χ3v) is 8.11. The second-order valence-electron chi connectivity index (χ2n) is 10.7. The fraction of sp³-hybridized carbons (Fsp3) is 0.533. The highest BCUT2D eigenvalue weighted by atomic mass is 16.2. The average Bonchev–Trinajstić information content (AvgIpc) is 3.71. The number of aryl methyl sites for hydroxylation is 1. The standard InChI is InChI=1S/C30H40N4O2/c1-23-8-5-6-11-26(23)21-33(18-14-24-9-3-2-4-10-24)27-20-28(34(22-27)29(35)25-12-13-25)30(36)32-17-7-15-31-16-19-32/h2-6,8-11,25,27-28,31H,7,12-22H2,1H3. The molecule has 2 aromatic rings. The van der Waals surface area contributed by atoms with E-state index in [9.17, 15) is 9.59 Å². The van der Waals surface area contributed by atoms with Gasteiger partial charge in [-0.25, -0.2) is 0 Å². The molecule has 3 aliphatic rings. The minimum Gasteiger partial charge on any atom is -0.340 e. The van der Waals surface area contributed by atoms with Gasteiger partial charge in [-0.15, -0.1) is 0 Å². The first-order valence-electron chi connectivity index (χ1n) is 13.7. The molecular formula is C30H40N4O2. The van der Waals surface area contributed by atoms with Crippen LogP contribution in [0.2, 0.25) is 0 Å². The van der Waals surface area contributed by atoms with E-state index in [0.29, 0.717) is 6.54 Å². The molecule has 2 aliphatic heterocycles. The maximum Gasteiger partial charge on any atom is 0.245 e. The number of benzene rings is 2. The molecular weight excluding hydrogens is 448 g/mol. The normalized spacial score (nSPS) is 22.6. The van der Waals surface area contributed by atoms with Crippen molar-refractivity contribution in [2.75, 3.05) is 39.3 Å². The third kappa shape index (κ3) is 5.98. The topological polar surface area (TPSA) is 55.9 Å². The van der Waals surface area contributed by atoms with Gasteiger partial charge < -0.3 is 15.1 Å². The van der Waals surface area contributed by atoms with Crippen molar-refractivity contribution in [3.63, 3.8) is 0 Å². The maximum atomic E-state index is 13.8. The fourth-order valence-electron chi connectivity index (χ4n) is 5.71. The van der Waals surface area contributed by atoms with Gasteiger partial charge in [-0.05, 0) is 62.3 Å². The van der Waals surface area contributed by atoms with Gasteiger partial charge in [-0.2, -0.15) is 0 Å². The lowest BCUT2D eigenvalue weighted by Gasteiger charge is -2.30. The SMILES string of the molecule is Cc1ccccc1CN(CCc1ccccc1)C1CC(C(=O)N2CCCNCC2)N(C(=O)C2CC2)C1. The quantitative estimate of drug-likeness (QED) is 0.620. The van der Waals surface area contributed by atoms with Gasteiger partial charge in [0.2, 0.25) is 11.8 Å². The third-order valence-electron chi connectivity index (χ3n) is 8.11. The molecule has 0 radical (unpaired) electrons. The summed E-state index contributed by atoms with van der Waals surface area (Å²) in [7, 11) is 0. The number of carbonyl (C=O) groups is 2. The van der Waals surface area contributed by atoms with Crippen LogP contribution in [0.1, 0.15) is 42.4 Å². The van der Waals surface area contributed by atoms with E-state index in [1.807, 2.05) is 9.80 Å². The van der Waals surface area contributed by atoms with Crippen LogP contribution in [0.15, 0.2) is 54.6 Å². The van der Waals surface area contributed by atoms with Crippen molar-refractivity contribution in [2.45, 2.75) is 57.7 Å². The van der Waals surface area contributed by atoms with Gasteiger partial charge in [0.25, 0.3) is 0 Å². The van der Waals surface area contributed by atoms with Gasteiger partial charge in [0.1, 0.15) is 6.04 Å². The molecule has 2 saturated heterocycles.